The number of amides is 1. The van der Waals surface area contributed by atoms with Gasteiger partial charge in [-0.05, 0) is 30.3 Å². The average Bonchev–Trinajstić information content (AvgIpc) is 2.83. The maximum atomic E-state index is 13.3. The number of rotatable bonds is 8. The van der Waals surface area contributed by atoms with Gasteiger partial charge in [-0.3, -0.25) is 9.52 Å². The Balaban J connectivity index is 1.47. The molecule has 12 heteroatoms. The van der Waals surface area contributed by atoms with Crippen LogP contribution in [0, 0.1) is 5.92 Å². The summed E-state index contributed by atoms with van der Waals surface area (Å²) in [4.78, 5) is 21.2. The van der Waals surface area contributed by atoms with Gasteiger partial charge in [0.15, 0.2) is 11.6 Å². The van der Waals surface area contributed by atoms with E-state index in [1.165, 1.54) is 31.4 Å². The van der Waals surface area contributed by atoms with Crippen LogP contribution in [-0.2, 0) is 14.8 Å². The van der Waals surface area contributed by atoms with E-state index in [9.17, 15) is 18.3 Å². The number of methoxy groups -OCH3 is 1. The number of carbonyl (C=O) groups is 1. The second-order valence-electron chi connectivity index (χ2n) is 8.43. The summed E-state index contributed by atoms with van der Waals surface area (Å²) < 4.78 is 34.4. The number of phenols is 1. The third-order valence-corrected chi connectivity index (χ3v) is 7.09. The first-order valence-electron chi connectivity index (χ1n) is 11.4. The molecule has 11 nitrogen and oxygen atoms in total. The van der Waals surface area contributed by atoms with Crippen LogP contribution in [0.15, 0.2) is 71.6 Å². The van der Waals surface area contributed by atoms with Gasteiger partial charge in [-0.25, -0.2) is 18.4 Å². The number of carbonyl (C=O) groups excluding carboxylic acids is 1. The van der Waals surface area contributed by atoms with E-state index in [4.69, 9.17) is 4.74 Å². The predicted octanol–water partition coefficient (Wildman–Crippen LogP) is 3.05. The van der Waals surface area contributed by atoms with Gasteiger partial charge in [0, 0.05) is 42.7 Å². The van der Waals surface area contributed by atoms with Gasteiger partial charge in [-0.1, -0.05) is 18.2 Å². The molecule has 0 spiro atoms. The predicted molar refractivity (Wildman–Crippen MR) is 140 cm³/mol. The molecule has 0 aliphatic carbocycles. The normalized spacial score (nSPS) is 13.5. The Morgan fingerprint density at radius 2 is 1.70 bits per heavy atom. The van der Waals surface area contributed by atoms with Crippen LogP contribution < -0.4 is 25.4 Å². The smallest absolute Gasteiger partial charge is 0.263 e. The van der Waals surface area contributed by atoms with Gasteiger partial charge in [-0.15, -0.1) is 0 Å². The monoisotopic (exact) mass is 520 g/mol. The molecule has 0 radical (unpaired) electrons. The molecule has 1 saturated heterocycles. The fraction of sp³-hybridized carbons (Fsp3) is 0.160. The molecule has 5 rings (SSSR count). The van der Waals surface area contributed by atoms with E-state index in [1.54, 1.807) is 42.5 Å². The third kappa shape index (κ3) is 5.39. The summed E-state index contributed by atoms with van der Waals surface area (Å²) in [5.41, 5.74) is 1.80. The van der Waals surface area contributed by atoms with Crippen molar-refractivity contribution >= 4 is 50.0 Å². The standard InChI is InChI=1S/C25H24N6O5S/c1-36-19-10-17(9-18(32)12-19)27-23-24(30-22-8-3-2-7-21(22)29-23)31-37(34,35)20-6-4-5-16(11-20)28-25(33)15-13-26-14-15/h2-12,15,26,32H,13-14H2,1H3,(H,27,29)(H,28,33)(H,30,31). The van der Waals surface area contributed by atoms with Crippen molar-refractivity contribution in [3.63, 3.8) is 0 Å². The van der Waals surface area contributed by atoms with Crippen LogP contribution >= 0.6 is 0 Å². The van der Waals surface area contributed by atoms with Crippen LogP contribution in [0.25, 0.3) is 11.0 Å². The summed E-state index contributed by atoms with van der Waals surface area (Å²) in [5, 5.41) is 18.8. The number of nitrogens with one attached hydrogen (secondary N) is 4. The molecule has 4 aromatic rings. The molecular weight excluding hydrogens is 496 g/mol. The van der Waals surface area contributed by atoms with Crippen molar-refractivity contribution in [2.24, 2.45) is 5.92 Å². The summed E-state index contributed by atoms with van der Waals surface area (Å²) in [6.45, 7) is 1.18. The number of benzene rings is 3. The molecule has 5 N–H and O–H groups in total. The van der Waals surface area contributed by atoms with E-state index in [0.29, 0.717) is 41.2 Å². The van der Waals surface area contributed by atoms with Crippen LogP contribution in [0.1, 0.15) is 0 Å². The fourth-order valence-corrected chi connectivity index (χ4v) is 4.77. The first-order chi connectivity index (χ1) is 17.8. The molecule has 0 bridgehead atoms. The lowest BCUT2D eigenvalue weighted by atomic mass is 10.0. The molecule has 1 fully saturated rings. The van der Waals surface area contributed by atoms with E-state index < -0.39 is 10.0 Å². The Kier molecular flexibility index (Phi) is 6.51. The highest BCUT2D eigenvalue weighted by Gasteiger charge is 2.25. The molecule has 190 valence electrons. The van der Waals surface area contributed by atoms with Gasteiger partial charge < -0.3 is 25.8 Å². The Bertz CT molecular complexity index is 1590. The van der Waals surface area contributed by atoms with E-state index in [2.05, 4.69) is 30.6 Å². The molecule has 37 heavy (non-hydrogen) atoms. The number of ether oxygens (including phenoxy) is 1. The maximum absolute atomic E-state index is 13.3. The fourth-order valence-electron chi connectivity index (χ4n) is 3.71. The van der Waals surface area contributed by atoms with Gasteiger partial charge in [0.2, 0.25) is 5.91 Å². The minimum absolute atomic E-state index is 0.0454. The van der Waals surface area contributed by atoms with Crippen molar-refractivity contribution in [3.05, 3.63) is 66.7 Å². The number of aromatic nitrogens is 2. The lowest BCUT2D eigenvalue weighted by Gasteiger charge is -2.25. The number of sulfonamides is 1. The number of para-hydroxylation sites is 2. The van der Waals surface area contributed by atoms with Gasteiger partial charge in [0.1, 0.15) is 11.5 Å². The Hall–Kier alpha value is -4.42. The third-order valence-electron chi connectivity index (χ3n) is 5.76. The van der Waals surface area contributed by atoms with Crippen molar-refractivity contribution in [2.75, 3.05) is 35.6 Å². The van der Waals surface area contributed by atoms with Crippen LogP contribution in [0.3, 0.4) is 0 Å². The zero-order valence-corrected chi connectivity index (χ0v) is 20.5. The van der Waals surface area contributed by atoms with E-state index in [1.807, 2.05) is 0 Å². The van der Waals surface area contributed by atoms with Crippen LogP contribution in [0.4, 0.5) is 23.0 Å². The molecular formula is C25H24N6O5S. The molecule has 1 aromatic heterocycles. The van der Waals surface area contributed by atoms with Crippen molar-refractivity contribution in [2.45, 2.75) is 4.90 Å². The summed E-state index contributed by atoms with van der Waals surface area (Å²) in [6, 6.07) is 17.5. The number of hydrogen-bond donors (Lipinski definition) is 5. The Labute approximate surface area is 213 Å². The zero-order chi connectivity index (χ0) is 26.0. The molecule has 3 aromatic carbocycles. The quantitative estimate of drug-likeness (QED) is 0.236. The van der Waals surface area contributed by atoms with E-state index >= 15 is 0 Å². The average molecular weight is 521 g/mol. The largest absolute Gasteiger partial charge is 0.508 e. The maximum Gasteiger partial charge on any atom is 0.263 e. The Morgan fingerprint density at radius 3 is 2.38 bits per heavy atom. The molecule has 0 unspecified atom stereocenters. The zero-order valence-electron chi connectivity index (χ0n) is 19.7. The van der Waals surface area contributed by atoms with Gasteiger partial charge in [0.05, 0.1) is 29.0 Å². The van der Waals surface area contributed by atoms with Crippen molar-refractivity contribution < 1.29 is 23.1 Å². The van der Waals surface area contributed by atoms with Gasteiger partial charge in [-0.2, -0.15) is 0 Å². The lowest BCUT2D eigenvalue weighted by Crippen LogP contribution is -2.48. The highest BCUT2D eigenvalue weighted by Crippen LogP contribution is 2.31. The number of anilines is 4. The number of aromatic hydroxyl groups is 1. The van der Waals surface area contributed by atoms with E-state index in [-0.39, 0.29) is 34.1 Å². The molecule has 2 heterocycles. The van der Waals surface area contributed by atoms with Gasteiger partial charge >= 0.3 is 0 Å². The summed E-state index contributed by atoms with van der Waals surface area (Å²) in [6.07, 6.45) is 0. The molecule has 1 aliphatic rings. The molecule has 1 aliphatic heterocycles. The van der Waals surface area contributed by atoms with Crippen LogP contribution in [0.5, 0.6) is 11.5 Å². The number of fused-ring (bicyclic) bond motifs is 1. The van der Waals surface area contributed by atoms with E-state index in [0.717, 1.165) is 0 Å². The SMILES string of the molecule is COc1cc(O)cc(Nc2nc3ccccc3nc2NS(=O)(=O)c2cccc(NC(=O)C3CNC3)c2)c1. The van der Waals surface area contributed by atoms with Crippen LogP contribution in [-0.4, -0.2) is 49.6 Å². The summed E-state index contributed by atoms with van der Waals surface area (Å²) >= 11 is 0. The molecule has 0 atom stereocenters. The van der Waals surface area contributed by atoms with Crippen molar-refractivity contribution in [1.82, 2.24) is 15.3 Å². The van der Waals surface area contributed by atoms with Crippen molar-refractivity contribution in [1.29, 1.82) is 0 Å². The molecule has 0 saturated carbocycles. The highest BCUT2D eigenvalue weighted by molar-refractivity contribution is 7.92. The first kappa shape index (κ1) is 24.3. The summed E-state index contributed by atoms with van der Waals surface area (Å²) in [7, 11) is -2.65. The minimum Gasteiger partial charge on any atom is -0.508 e. The van der Waals surface area contributed by atoms with Crippen molar-refractivity contribution in [3.8, 4) is 11.5 Å². The number of nitrogens with zero attached hydrogens (tertiary/aromatic N) is 2. The second kappa shape index (κ2) is 9.91. The molecule has 1 amide bonds. The van der Waals surface area contributed by atoms with Gasteiger partial charge in [0.25, 0.3) is 10.0 Å². The number of phenolic OH excluding ortho intramolecular Hbond substituents is 1. The first-order valence-corrected chi connectivity index (χ1v) is 12.9. The number of hydrogen-bond acceptors (Lipinski definition) is 9. The Morgan fingerprint density at radius 1 is 0.973 bits per heavy atom. The second-order valence-corrected chi connectivity index (χ2v) is 10.1. The highest BCUT2D eigenvalue weighted by atomic mass is 32.2. The topological polar surface area (TPSA) is 155 Å². The lowest BCUT2D eigenvalue weighted by molar-refractivity contribution is -0.121. The minimum atomic E-state index is -4.12. The summed E-state index contributed by atoms with van der Waals surface area (Å²) in [5.74, 6) is 0.114. The van der Waals surface area contributed by atoms with Crippen LogP contribution in [0.2, 0.25) is 0 Å².